The van der Waals surface area contributed by atoms with Crippen molar-refractivity contribution in [2.45, 2.75) is 32.7 Å². The van der Waals surface area contributed by atoms with Gasteiger partial charge in [-0.3, -0.25) is 0 Å². The summed E-state index contributed by atoms with van der Waals surface area (Å²) in [6.07, 6.45) is 7.28. The van der Waals surface area contributed by atoms with E-state index in [1.165, 1.54) is 5.70 Å². The standard InChI is InChI=1S/C9H14N.2ClH.Hf/c1-9(2,3)10-8-6-4-5-7-8;;;/h4-6H,7H2,1-3H3;2*1H;/q-1;;;/p-2. The fourth-order valence-electron chi connectivity index (χ4n) is 0.950. The van der Waals surface area contributed by atoms with Crippen molar-refractivity contribution in [2.24, 2.45) is 0 Å². The summed E-state index contributed by atoms with van der Waals surface area (Å²) in [5, 5.41) is 4.51. The maximum atomic E-state index is 4.51. The molecular formula is C9H14Cl2HfN-3. The smallest absolute Gasteiger partial charge is 0 e. The van der Waals surface area contributed by atoms with Crippen LogP contribution in [0.5, 0.6) is 0 Å². The van der Waals surface area contributed by atoms with Gasteiger partial charge in [0.15, 0.2) is 0 Å². The second-order valence-electron chi connectivity index (χ2n) is 3.57. The molecule has 4 heteroatoms. The van der Waals surface area contributed by atoms with Crippen LogP contribution in [0, 0.1) is 0 Å². The van der Waals surface area contributed by atoms with Crippen LogP contribution >= 0.6 is 0 Å². The largest absolute Gasteiger partial charge is 1.00 e. The first-order valence-electron chi connectivity index (χ1n) is 3.66. The van der Waals surface area contributed by atoms with Crippen molar-refractivity contribution in [3.8, 4) is 0 Å². The Balaban J connectivity index is -0.000000333. The molecule has 0 unspecified atom stereocenters. The molecule has 0 N–H and O–H groups in total. The van der Waals surface area contributed by atoms with Gasteiger partial charge >= 0.3 is 0 Å². The van der Waals surface area contributed by atoms with Gasteiger partial charge in [0.05, 0.1) is 0 Å². The van der Waals surface area contributed by atoms with E-state index in [0.29, 0.717) is 0 Å². The summed E-state index contributed by atoms with van der Waals surface area (Å²) in [6.45, 7) is 6.35. The van der Waals surface area contributed by atoms with Crippen LogP contribution in [0.2, 0.25) is 0 Å². The number of rotatable bonds is 1. The second kappa shape index (κ2) is 8.07. The Labute approximate surface area is 112 Å². The molecular weight excluding hydrogens is 372 g/mol. The molecule has 0 aliphatic heterocycles. The zero-order valence-electron chi connectivity index (χ0n) is 8.14. The Morgan fingerprint density at radius 3 is 2.08 bits per heavy atom. The summed E-state index contributed by atoms with van der Waals surface area (Å²) in [4.78, 5) is 0. The fraction of sp³-hybridized carbons (Fsp3) is 0.556. The van der Waals surface area contributed by atoms with E-state index in [1.807, 2.05) is 0 Å². The zero-order chi connectivity index (χ0) is 7.61. The first-order valence-corrected chi connectivity index (χ1v) is 3.66. The molecule has 0 aromatic heterocycles. The number of nitrogens with zero attached hydrogens (tertiary/aromatic N) is 1. The topological polar surface area (TPSA) is 14.1 Å². The Morgan fingerprint density at radius 1 is 1.23 bits per heavy atom. The van der Waals surface area contributed by atoms with Gasteiger partial charge in [-0.1, -0.05) is 39.0 Å². The van der Waals surface area contributed by atoms with Gasteiger partial charge in [0.1, 0.15) is 0 Å². The molecule has 0 radical (unpaired) electrons. The molecule has 0 heterocycles. The molecule has 0 fully saturated rings. The van der Waals surface area contributed by atoms with Gasteiger partial charge in [-0.2, -0.15) is 5.70 Å². The van der Waals surface area contributed by atoms with Crippen LogP contribution in [0.25, 0.3) is 5.32 Å². The molecule has 76 valence electrons. The van der Waals surface area contributed by atoms with Gasteiger partial charge in [0, 0.05) is 25.8 Å². The van der Waals surface area contributed by atoms with Crippen molar-refractivity contribution < 1.29 is 50.7 Å². The van der Waals surface area contributed by atoms with E-state index in [9.17, 15) is 0 Å². The van der Waals surface area contributed by atoms with Crippen molar-refractivity contribution in [1.29, 1.82) is 0 Å². The second-order valence-corrected chi connectivity index (χ2v) is 3.57. The summed E-state index contributed by atoms with van der Waals surface area (Å²) in [5.41, 5.74) is 1.28. The van der Waals surface area contributed by atoms with E-state index in [4.69, 9.17) is 0 Å². The van der Waals surface area contributed by atoms with Gasteiger partial charge in [-0.25, -0.2) is 0 Å². The van der Waals surface area contributed by atoms with E-state index < -0.39 is 0 Å². The third-order valence-corrected chi connectivity index (χ3v) is 1.23. The minimum Gasteiger partial charge on any atom is -1.00 e. The average molecular weight is 386 g/mol. The van der Waals surface area contributed by atoms with Gasteiger partial charge in [0.2, 0.25) is 0 Å². The zero-order valence-corrected chi connectivity index (χ0v) is 13.2. The molecule has 0 bridgehead atoms. The summed E-state index contributed by atoms with van der Waals surface area (Å²) >= 11 is 0. The van der Waals surface area contributed by atoms with Gasteiger partial charge in [-0.05, 0) is 6.42 Å². The average Bonchev–Trinajstić information content (AvgIpc) is 2.12. The number of hydrogen-bond acceptors (Lipinski definition) is 0. The Bertz CT molecular complexity index is 183. The van der Waals surface area contributed by atoms with Crippen LogP contribution in [-0.2, 0) is 25.8 Å². The Hall–Kier alpha value is 0.730. The number of halogens is 2. The normalized spacial score (nSPS) is 13.3. The van der Waals surface area contributed by atoms with Gasteiger partial charge in [0.25, 0.3) is 0 Å². The molecule has 0 aromatic rings. The molecule has 0 spiro atoms. The molecule has 1 aliphatic carbocycles. The first-order chi connectivity index (χ1) is 4.58. The van der Waals surface area contributed by atoms with E-state index in [1.54, 1.807) is 0 Å². The summed E-state index contributed by atoms with van der Waals surface area (Å²) in [5.74, 6) is 0. The molecule has 0 atom stereocenters. The van der Waals surface area contributed by atoms with Crippen LogP contribution in [0.3, 0.4) is 0 Å². The predicted molar refractivity (Wildman–Crippen MR) is 45.0 cm³/mol. The molecule has 1 nitrogen and oxygen atoms in total. The van der Waals surface area contributed by atoms with Crippen LogP contribution in [0.4, 0.5) is 0 Å². The molecule has 1 rings (SSSR count). The van der Waals surface area contributed by atoms with Crippen LogP contribution < -0.4 is 24.8 Å². The molecule has 0 aromatic carbocycles. The van der Waals surface area contributed by atoms with E-state index in [-0.39, 0.29) is 56.2 Å². The van der Waals surface area contributed by atoms with Gasteiger partial charge < -0.3 is 30.1 Å². The third kappa shape index (κ3) is 9.04. The molecule has 0 saturated heterocycles. The van der Waals surface area contributed by atoms with Crippen molar-refractivity contribution in [3.63, 3.8) is 0 Å². The van der Waals surface area contributed by atoms with Crippen LogP contribution in [0.15, 0.2) is 23.9 Å². The maximum absolute atomic E-state index is 4.51. The minimum absolute atomic E-state index is 0. The van der Waals surface area contributed by atoms with Crippen LogP contribution in [-0.4, -0.2) is 5.54 Å². The van der Waals surface area contributed by atoms with Crippen molar-refractivity contribution in [3.05, 3.63) is 29.2 Å². The number of hydrogen-bond donors (Lipinski definition) is 0. The summed E-state index contributed by atoms with van der Waals surface area (Å²) in [6, 6.07) is 0. The monoisotopic (exact) mass is 386 g/mol. The Morgan fingerprint density at radius 2 is 1.77 bits per heavy atom. The quantitative estimate of drug-likeness (QED) is 0.428. The Kier molecular flexibility index (Phi) is 12.0. The van der Waals surface area contributed by atoms with Crippen molar-refractivity contribution in [1.82, 2.24) is 0 Å². The first kappa shape index (κ1) is 19.3. The molecule has 13 heavy (non-hydrogen) atoms. The fourth-order valence-corrected chi connectivity index (χ4v) is 0.950. The molecule has 0 amide bonds. The summed E-state index contributed by atoms with van der Waals surface area (Å²) in [7, 11) is 0. The predicted octanol–water partition coefficient (Wildman–Crippen LogP) is -2.99. The van der Waals surface area contributed by atoms with Crippen molar-refractivity contribution >= 4 is 0 Å². The number of allylic oxidation sites excluding steroid dienone is 3. The summed E-state index contributed by atoms with van der Waals surface area (Å²) < 4.78 is 0. The minimum atomic E-state index is 0. The molecule has 1 aliphatic rings. The van der Waals surface area contributed by atoms with Crippen LogP contribution in [0.1, 0.15) is 27.2 Å². The van der Waals surface area contributed by atoms with E-state index in [2.05, 4.69) is 44.3 Å². The maximum Gasteiger partial charge on any atom is 0 e. The van der Waals surface area contributed by atoms with E-state index in [0.717, 1.165) is 6.42 Å². The third-order valence-electron chi connectivity index (χ3n) is 1.23. The van der Waals surface area contributed by atoms with E-state index >= 15 is 0 Å². The SMILES string of the molecule is CC(C)(C)[N-]C1=CC=CC1.[Cl-].[Cl-].[Hf]. The van der Waals surface area contributed by atoms with Gasteiger partial charge in [-0.15, -0.1) is 5.54 Å². The molecule has 0 saturated carbocycles. The van der Waals surface area contributed by atoms with Crippen molar-refractivity contribution in [2.75, 3.05) is 0 Å².